The molecule has 0 unspecified atom stereocenters. The molecule has 0 saturated carbocycles. The van der Waals surface area contributed by atoms with E-state index in [1.54, 1.807) is 11.0 Å². The lowest BCUT2D eigenvalue weighted by molar-refractivity contribution is 0.0703. The molecule has 0 atom stereocenters. The van der Waals surface area contributed by atoms with Gasteiger partial charge in [0, 0.05) is 26.2 Å². The van der Waals surface area contributed by atoms with Gasteiger partial charge in [-0.2, -0.15) is 4.31 Å². The number of hydrogen-bond acceptors (Lipinski definition) is 4. The van der Waals surface area contributed by atoms with Gasteiger partial charge in [-0.25, -0.2) is 12.8 Å². The number of carbonyl (C=O) groups excluding carboxylic acids is 1. The van der Waals surface area contributed by atoms with Gasteiger partial charge in [0.2, 0.25) is 10.0 Å². The van der Waals surface area contributed by atoms with E-state index in [1.807, 2.05) is 6.07 Å². The molecule has 0 N–H and O–H groups in total. The fourth-order valence-corrected chi connectivity index (χ4v) is 5.25. The molecule has 24 heavy (non-hydrogen) atoms. The molecule has 0 bridgehead atoms. The van der Waals surface area contributed by atoms with Gasteiger partial charge in [-0.3, -0.25) is 4.79 Å². The number of hydrogen-bond donors (Lipinski definition) is 0. The van der Waals surface area contributed by atoms with Gasteiger partial charge in [0.25, 0.3) is 5.91 Å². The summed E-state index contributed by atoms with van der Waals surface area (Å²) in [4.78, 5) is 14.7. The van der Waals surface area contributed by atoms with E-state index < -0.39 is 15.8 Å². The summed E-state index contributed by atoms with van der Waals surface area (Å²) in [6.45, 7) is 1.10. The van der Waals surface area contributed by atoms with Crippen molar-refractivity contribution in [1.82, 2.24) is 9.21 Å². The Balaban J connectivity index is 1.68. The molecule has 1 aromatic heterocycles. The van der Waals surface area contributed by atoms with Crippen molar-refractivity contribution >= 4 is 43.2 Å². The molecule has 0 radical (unpaired) electrons. The summed E-state index contributed by atoms with van der Waals surface area (Å²) in [7, 11) is -3.66. The number of carbonyl (C=O) groups is 1. The summed E-state index contributed by atoms with van der Waals surface area (Å²) in [5.74, 6) is -0.573. The zero-order chi connectivity index (χ0) is 17.3. The third-order valence-electron chi connectivity index (χ3n) is 3.76. The predicted octanol–water partition coefficient (Wildman–Crippen LogP) is 2.80. The van der Waals surface area contributed by atoms with Crippen LogP contribution >= 0.6 is 27.3 Å². The van der Waals surface area contributed by atoms with Crippen LogP contribution < -0.4 is 0 Å². The van der Waals surface area contributed by atoms with Crippen molar-refractivity contribution < 1.29 is 17.6 Å². The quantitative estimate of drug-likeness (QED) is 0.748. The molecule has 3 rings (SSSR count). The normalized spacial score (nSPS) is 16.3. The van der Waals surface area contributed by atoms with Gasteiger partial charge >= 0.3 is 0 Å². The van der Waals surface area contributed by atoms with Crippen LogP contribution in [0.2, 0.25) is 0 Å². The van der Waals surface area contributed by atoms with Crippen molar-refractivity contribution in [2.45, 2.75) is 4.90 Å². The van der Waals surface area contributed by atoms with Crippen LogP contribution in [0.25, 0.3) is 0 Å². The van der Waals surface area contributed by atoms with Gasteiger partial charge in [0.05, 0.1) is 13.6 Å². The second kappa shape index (κ2) is 6.91. The maximum atomic E-state index is 13.0. The highest BCUT2D eigenvalue weighted by atomic mass is 79.9. The Morgan fingerprint density at radius 3 is 2.21 bits per heavy atom. The number of piperazine rings is 1. The van der Waals surface area contributed by atoms with Gasteiger partial charge < -0.3 is 4.90 Å². The third kappa shape index (κ3) is 3.53. The number of thiophene rings is 1. The summed E-state index contributed by atoms with van der Waals surface area (Å²) in [5, 5.41) is 0. The number of amides is 1. The Morgan fingerprint density at radius 2 is 1.67 bits per heavy atom. The number of rotatable bonds is 3. The Kier molecular flexibility index (Phi) is 5.05. The first-order valence-electron chi connectivity index (χ1n) is 7.18. The first kappa shape index (κ1) is 17.5. The number of benzene rings is 1. The molecule has 1 aliphatic rings. The van der Waals surface area contributed by atoms with Crippen molar-refractivity contribution in [1.29, 1.82) is 0 Å². The van der Waals surface area contributed by atoms with Crippen LogP contribution in [-0.2, 0) is 10.0 Å². The average Bonchev–Trinajstić information content (AvgIpc) is 3.01. The predicted molar refractivity (Wildman–Crippen MR) is 93.1 cm³/mol. The van der Waals surface area contributed by atoms with E-state index in [0.717, 1.165) is 15.9 Å². The maximum Gasteiger partial charge on any atom is 0.264 e. The second-order valence-electron chi connectivity index (χ2n) is 5.25. The summed E-state index contributed by atoms with van der Waals surface area (Å²) in [5.41, 5.74) is 0. The van der Waals surface area contributed by atoms with Crippen molar-refractivity contribution in [3.63, 3.8) is 0 Å². The van der Waals surface area contributed by atoms with Crippen LogP contribution in [0.15, 0.2) is 45.1 Å². The first-order chi connectivity index (χ1) is 11.4. The molecule has 0 aliphatic carbocycles. The average molecular weight is 433 g/mol. The SMILES string of the molecule is O=C(c1ccc(Br)s1)N1CCN(S(=O)(=O)c2ccc(F)cc2)CC1. The Bertz CT molecular complexity index is 844. The molecule has 1 aromatic carbocycles. The summed E-state index contributed by atoms with van der Waals surface area (Å²) in [6.07, 6.45) is 0. The van der Waals surface area contributed by atoms with Gasteiger partial charge in [-0.1, -0.05) is 0 Å². The molecule has 1 saturated heterocycles. The molecule has 2 aromatic rings. The standard InChI is InChI=1S/C15H14BrFN2O3S2/c16-14-6-5-13(23-14)15(20)18-7-9-19(10-8-18)24(21,22)12-3-1-11(17)2-4-12/h1-6H,7-10H2. The Hall–Kier alpha value is -1.29. The van der Waals surface area contributed by atoms with Crippen LogP contribution in [0.4, 0.5) is 4.39 Å². The molecule has 5 nitrogen and oxygen atoms in total. The summed E-state index contributed by atoms with van der Waals surface area (Å²) >= 11 is 4.68. The lowest BCUT2D eigenvalue weighted by Crippen LogP contribution is -2.50. The van der Waals surface area contributed by atoms with Crippen molar-refractivity contribution in [3.05, 3.63) is 50.9 Å². The van der Waals surface area contributed by atoms with E-state index in [4.69, 9.17) is 0 Å². The minimum absolute atomic E-state index is 0.0610. The van der Waals surface area contributed by atoms with Crippen LogP contribution in [0.1, 0.15) is 9.67 Å². The molecule has 128 valence electrons. The zero-order valence-corrected chi connectivity index (χ0v) is 15.7. The largest absolute Gasteiger partial charge is 0.335 e. The van der Waals surface area contributed by atoms with Crippen molar-refractivity contribution in [3.8, 4) is 0 Å². The molecule has 0 spiro atoms. The van der Waals surface area contributed by atoms with Gasteiger partial charge in [-0.05, 0) is 52.3 Å². The third-order valence-corrected chi connectivity index (χ3v) is 7.29. The molecular weight excluding hydrogens is 419 g/mol. The lowest BCUT2D eigenvalue weighted by atomic mass is 10.3. The van der Waals surface area contributed by atoms with Gasteiger partial charge in [0.1, 0.15) is 5.82 Å². The van der Waals surface area contributed by atoms with E-state index in [1.165, 1.54) is 27.8 Å². The number of nitrogens with zero attached hydrogens (tertiary/aromatic N) is 2. The fraction of sp³-hybridized carbons (Fsp3) is 0.267. The summed E-state index contributed by atoms with van der Waals surface area (Å²) < 4.78 is 40.3. The monoisotopic (exact) mass is 432 g/mol. The van der Waals surface area contributed by atoms with Crippen LogP contribution in [0.3, 0.4) is 0 Å². The van der Waals surface area contributed by atoms with Gasteiger partial charge in [0.15, 0.2) is 0 Å². The molecule has 9 heteroatoms. The van der Waals surface area contributed by atoms with E-state index in [-0.39, 0.29) is 23.9 Å². The summed E-state index contributed by atoms with van der Waals surface area (Å²) in [6, 6.07) is 8.32. The fourth-order valence-electron chi connectivity index (χ4n) is 2.47. The maximum absolute atomic E-state index is 13.0. The van der Waals surface area contributed by atoms with E-state index in [0.29, 0.717) is 18.0 Å². The molecule has 1 fully saturated rings. The first-order valence-corrected chi connectivity index (χ1v) is 10.2. The van der Waals surface area contributed by atoms with Crippen LogP contribution in [-0.4, -0.2) is 49.7 Å². The minimum Gasteiger partial charge on any atom is -0.335 e. The highest BCUT2D eigenvalue weighted by Crippen LogP contribution is 2.24. The number of sulfonamides is 1. The Labute approximate surface area is 151 Å². The minimum atomic E-state index is -3.66. The molecule has 1 aliphatic heterocycles. The van der Waals surface area contributed by atoms with Crippen molar-refractivity contribution in [2.24, 2.45) is 0 Å². The van der Waals surface area contributed by atoms with Crippen molar-refractivity contribution in [2.75, 3.05) is 26.2 Å². The van der Waals surface area contributed by atoms with E-state index in [2.05, 4.69) is 15.9 Å². The lowest BCUT2D eigenvalue weighted by Gasteiger charge is -2.33. The highest BCUT2D eigenvalue weighted by molar-refractivity contribution is 9.11. The molecular formula is C15H14BrFN2O3S2. The van der Waals surface area contributed by atoms with E-state index in [9.17, 15) is 17.6 Å². The van der Waals surface area contributed by atoms with E-state index >= 15 is 0 Å². The highest BCUT2D eigenvalue weighted by Gasteiger charge is 2.30. The van der Waals surface area contributed by atoms with Crippen LogP contribution in [0.5, 0.6) is 0 Å². The molecule has 2 heterocycles. The van der Waals surface area contributed by atoms with Gasteiger partial charge in [-0.15, -0.1) is 11.3 Å². The topological polar surface area (TPSA) is 57.7 Å². The van der Waals surface area contributed by atoms with Crippen LogP contribution in [0, 0.1) is 5.82 Å². The number of halogens is 2. The zero-order valence-electron chi connectivity index (χ0n) is 12.5. The molecule has 1 amide bonds. The second-order valence-corrected chi connectivity index (χ2v) is 9.65. The Morgan fingerprint density at radius 1 is 1.04 bits per heavy atom. The smallest absolute Gasteiger partial charge is 0.264 e.